The number of rotatable bonds is 7. The first-order valence-corrected chi connectivity index (χ1v) is 15.2. The highest BCUT2D eigenvalue weighted by Gasteiger charge is 2.65. The number of carbonyl (C=O) groups is 1. The summed E-state index contributed by atoms with van der Waals surface area (Å²) >= 11 is 4.33. The van der Waals surface area contributed by atoms with E-state index in [4.69, 9.17) is 9.73 Å². The molecule has 3 aliphatic heterocycles. The third-order valence-electron chi connectivity index (χ3n) is 6.43. The molecule has 0 bridgehead atoms. The van der Waals surface area contributed by atoms with Gasteiger partial charge in [-0.3, -0.25) is 9.80 Å². The maximum absolute atomic E-state index is 13.5. The second-order valence-electron chi connectivity index (χ2n) is 8.78. The largest absolute Gasteiger partial charge is 0.493 e. The number of amidine groups is 1. The summed E-state index contributed by atoms with van der Waals surface area (Å²) < 4.78 is 32.3. The number of ether oxygens (including phenoxy) is 1. The van der Waals surface area contributed by atoms with Gasteiger partial charge in [0.1, 0.15) is 11.6 Å². The van der Waals surface area contributed by atoms with Crippen LogP contribution in [0.1, 0.15) is 32.3 Å². The summed E-state index contributed by atoms with van der Waals surface area (Å²) in [6.07, 6.45) is 1.55. The molecule has 1 N–H and O–H groups in total. The number of nitrogens with zero attached hydrogens (tertiary/aromatic N) is 5. The Morgan fingerprint density at radius 1 is 1.14 bits per heavy atom. The lowest BCUT2D eigenvalue weighted by atomic mass is 9.98. The Kier molecular flexibility index (Phi) is 7.73. The number of sulfonamides is 1. The van der Waals surface area contributed by atoms with E-state index < -0.39 is 17.1 Å². The predicted octanol–water partition coefficient (Wildman–Crippen LogP) is 2.26. The van der Waals surface area contributed by atoms with E-state index in [1.54, 1.807) is 30.3 Å². The Balaban J connectivity index is 1.81. The molecule has 35 heavy (non-hydrogen) atoms. The first-order valence-electron chi connectivity index (χ1n) is 11.6. The highest BCUT2D eigenvalue weighted by molar-refractivity contribution is 14.1. The van der Waals surface area contributed by atoms with Crippen LogP contribution in [0.25, 0.3) is 0 Å². The van der Waals surface area contributed by atoms with Crippen molar-refractivity contribution in [3.63, 3.8) is 0 Å². The summed E-state index contributed by atoms with van der Waals surface area (Å²) in [5.41, 5.74) is 1.25. The second-order valence-corrected chi connectivity index (χ2v) is 13.8. The Bertz CT molecular complexity index is 1180. The number of amides is 1. The van der Waals surface area contributed by atoms with E-state index >= 15 is 0 Å². The molecule has 0 aliphatic carbocycles. The lowest BCUT2D eigenvalue weighted by Crippen LogP contribution is -2.65. The standard InChI is InChI=1S/C22H30I2N6O4S/c1-5-7-18-21(23)22(24,29(4)27-18)20(31)25-19(26-21)16-14-15(8-9-17(16)34-6-2)35(32,33)30-12-10-28(3)11-13-30/h8-9,14H,5-7,10-13H2,1-4H3,(H,25,26,31). The molecule has 2 unspecified atom stereocenters. The molecule has 0 saturated carbocycles. The Hall–Kier alpha value is -1.04. The van der Waals surface area contributed by atoms with Gasteiger partial charge in [0.2, 0.25) is 13.6 Å². The van der Waals surface area contributed by atoms with Crippen LogP contribution in [0.4, 0.5) is 0 Å². The fourth-order valence-corrected chi connectivity index (χ4v) is 7.76. The van der Waals surface area contributed by atoms with Crippen LogP contribution in [0.5, 0.6) is 5.75 Å². The van der Waals surface area contributed by atoms with Crippen LogP contribution in [-0.4, -0.2) is 94.1 Å². The number of benzene rings is 1. The maximum atomic E-state index is 13.5. The summed E-state index contributed by atoms with van der Waals surface area (Å²) in [6, 6.07) is 4.76. The molecule has 1 aromatic rings. The molecule has 1 aromatic carbocycles. The van der Waals surface area contributed by atoms with Crippen molar-refractivity contribution in [2.75, 3.05) is 46.9 Å². The number of carbonyl (C=O) groups excluding carboxylic acids is 1. The van der Waals surface area contributed by atoms with E-state index in [1.165, 1.54) is 4.31 Å². The van der Waals surface area contributed by atoms with E-state index in [2.05, 4.69) is 67.4 Å². The van der Waals surface area contributed by atoms with E-state index in [1.807, 2.05) is 14.0 Å². The van der Waals surface area contributed by atoms with Crippen LogP contribution in [0.3, 0.4) is 0 Å². The fraction of sp³-hybridized carbons (Fsp3) is 0.591. The molecule has 4 rings (SSSR count). The van der Waals surface area contributed by atoms with E-state index in [9.17, 15) is 13.2 Å². The number of alkyl halides is 2. The minimum absolute atomic E-state index is 0.150. The first kappa shape index (κ1) is 27.0. The normalized spacial score (nSPS) is 27.8. The monoisotopic (exact) mass is 728 g/mol. The van der Waals surface area contributed by atoms with Crippen molar-refractivity contribution >= 4 is 72.7 Å². The molecule has 13 heteroatoms. The van der Waals surface area contributed by atoms with E-state index in [0.717, 1.165) is 12.1 Å². The van der Waals surface area contributed by atoms with Gasteiger partial charge in [0, 0.05) is 33.2 Å². The van der Waals surface area contributed by atoms with Gasteiger partial charge >= 0.3 is 0 Å². The molecule has 10 nitrogen and oxygen atoms in total. The second kappa shape index (κ2) is 10.0. The highest BCUT2D eigenvalue weighted by Crippen LogP contribution is 2.51. The average molecular weight is 728 g/mol. The molecule has 1 fully saturated rings. The van der Waals surface area contributed by atoms with Crippen LogP contribution in [0.15, 0.2) is 33.2 Å². The zero-order valence-electron chi connectivity index (χ0n) is 20.2. The van der Waals surface area contributed by atoms with Crippen molar-refractivity contribution in [1.29, 1.82) is 0 Å². The van der Waals surface area contributed by atoms with Gasteiger partial charge in [-0.05, 0) is 83.8 Å². The van der Waals surface area contributed by atoms with Gasteiger partial charge in [0.05, 0.1) is 22.8 Å². The molecule has 3 aliphatic rings. The number of hydrazone groups is 1. The van der Waals surface area contributed by atoms with Gasteiger partial charge in [0.25, 0.3) is 5.91 Å². The highest BCUT2D eigenvalue weighted by atomic mass is 127. The number of piperazine rings is 1. The Morgan fingerprint density at radius 2 is 1.83 bits per heavy atom. The third kappa shape index (κ3) is 4.48. The first-order chi connectivity index (χ1) is 16.5. The number of fused-ring (bicyclic) bond motifs is 1. The van der Waals surface area contributed by atoms with Gasteiger partial charge in [-0.1, -0.05) is 13.3 Å². The molecule has 0 spiro atoms. The molecular formula is C22H30I2N6O4S. The SMILES string of the molecule is CCCC1=NN(C)C2(I)C(=O)NC(c3cc(S(=O)(=O)N4CCN(C)CC4)ccc3OCC)=NC12I. The number of aliphatic imine (C=N–C) groups is 1. The van der Waals surface area contributed by atoms with Gasteiger partial charge in [0.15, 0.2) is 3.55 Å². The summed E-state index contributed by atoms with van der Waals surface area (Å²) in [6.45, 7) is 6.50. The Labute approximate surface area is 233 Å². The van der Waals surface area contributed by atoms with Gasteiger partial charge in [-0.15, -0.1) is 0 Å². The molecule has 2 atom stereocenters. The van der Waals surface area contributed by atoms with Gasteiger partial charge in [-0.2, -0.15) is 9.41 Å². The van der Waals surface area contributed by atoms with Crippen molar-refractivity contribution in [1.82, 2.24) is 19.5 Å². The maximum Gasteiger partial charge on any atom is 0.267 e. The molecule has 192 valence electrons. The number of halogens is 2. The molecule has 0 aromatic heterocycles. The summed E-state index contributed by atoms with van der Waals surface area (Å²) in [4.78, 5) is 20.7. The number of hydrogen-bond acceptors (Lipinski definition) is 8. The minimum Gasteiger partial charge on any atom is -0.493 e. The van der Waals surface area contributed by atoms with Gasteiger partial charge < -0.3 is 15.0 Å². The minimum atomic E-state index is -3.72. The lowest BCUT2D eigenvalue weighted by Gasteiger charge is -2.41. The zero-order chi connectivity index (χ0) is 25.6. The quantitative estimate of drug-likeness (QED) is 0.263. The third-order valence-corrected chi connectivity index (χ3v) is 13.0. The fourth-order valence-electron chi connectivity index (χ4n) is 4.42. The van der Waals surface area contributed by atoms with Crippen LogP contribution in [-0.2, 0) is 14.8 Å². The van der Waals surface area contributed by atoms with Crippen molar-refractivity contribution < 1.29 is 17.9 Å². The summed E-state index contributed by atoms with van der Waals surface area (Å²) in [5.74, 6) is 0.490. The van der Waals surface area contributed by atoms with Crippen LogP contribution in [0, 0.1) is 0 Å². The Morgan fingerprint density at radius 3 is 2.46 bits per heavy atom. The van der Waals surface area contributed by atoms with E-state index in [-0.39, 0.29) is 16.6 Å². The number of nitrogens with one attached hydrogen (secondary N) is 1. The zero-order valence-corrected chi connectivity index (χ0v) is 25.3. The van der Waals surface area contributed by atoms with Crippen LogP contribution in [0.2, 0.25) is 0 Å². The molecule has 1 amide bonds. The van der Waals surface area contributed by atoms with Crippen molar-refractivity contribution in [3.8, 4) is 5.75 Å². The topological polar surface area (TPSA) is 107 Å². The summed E-state index contributed by atoms with van der Waals surface area (Å²) in [5, 5.41) is 9.24. The molecule has 1 saturated heterocycles. The average Bonchev–Trinajstić information content (AvgIpc) is 3.01. The van der Waals surface area contributed by atoms with Crippen molar-refractivity contribution in [2.24, 2.45) is 10.1 Å². The molecule has 0 radical (unpaired) electrons. The number of likely N-dealkylation sites (N-methyl/N-ethyl adjacent to an activating group) is 2. The molecular weight excluding hydrogens is 698 g/mol. The predicted molar refractivity (Wildman–Crippen MR) is 152 cm³/mol. The number of hydrogen-bond donors (Lipinski definition) is 1. The lowest BCUT2D eigenvalue weighted by molar-refractivity contribution is -0.125. The van der Waals surface area contributed by atoms with Crippen LogP contribution < -0.4 is 10.1 Å². The van der Waals surface area contributed by atoms with Crippen molar-refractivity contribution in [3.05, 3.63) is 23.8 Å². The molecule has 3 heterocycles. The summed E-state index contributed by atoms with van der Waals surface area (Å²) in [7, 11) is 0.0371. The van der Waals surface area contributed by atoms with E-state index in [0.29, 0.717) is 50.5 Å². The van der Waals surface area contributed by atoms with Crippen molar-refractivity contribution in [2.45, 2.75) is 38.7 Å². The van der Waals surface area contributed by atoms with Crippen LogP contribution >= 0.6 is 45.2 Å². The smallest absolute Gasteiger partial charge is 0.267 e. The van der Waals surface area contributed by atoms with Gasteiger partial charge in [-0.25, -0.2) is 13.4 Å².